The lowest BCUT2D eigenvalue weighted by atomic mass is 10.2. The lowest BCUT2D eigenvalue weighted by Gasteiger charge is -2.37. The van der Waals surface area contributed by atoms with E-state index in [1.54, 1.807) is 0 Å². The predicted molar refractivity (Wildman–Crippen MR) is 73.0 cm³/mol. The van der Waals surface area contributed by atoms with E-state index in [-0.39, 0.29) is 0 Å². The third-order valence-electron chi connectivity index (χ3n) is 3.57. The van der Waals surface area contributed by atoms with Gasteiger partial charge in [-0.3, -0.25) is 9.80 Å². The number of piperazine rings is 1. The van der Waals surface area contributed by atoms with E-state index in [2.05, 4.69) is 53.6 Å². The second-order valence-electron chi connectivity index (χ2n) is 4.77. The highest BCUT2D eigenvalue weighted by Gasteiger charge is 2.19. The zero-order chi connectivity index (χ0) is 12.1. The average Bonchev–Trinajstić information content (AvgIpc) is 2.40. The van der Waals surface area contributed by atoms with Gasteiger partial charge in [0.05, 0.1) is 0 Å². The maximum atomic E-state index is 3.87. The van der Waals surface area contributed by atoms with Gasteiger partial charge in [-0.15, -0.1) is 6.58 Å². The van der Waals surface area contributed by atoms with Crippen LogP contribution in [0.5, 0.6) is 0 Å². The molecule has 1 heterocycles. The van der Waals surface area contributed by atoms with Gasteiger partial charge in [0.15, 0.2) is 0 Å². The van der Waals surface area contributed by atoms with Gasteiger partial charge in [0.1, 0.15) is 0 Å². The number of hydrogen-bond donors (Lipinski definition) is 0. The van der Waals surface area contributed by atoms with Gasteiger partial charge in [-0.1, -0.05) is 36.4 Å². The molecule has 1 unspecified atom stereocenters. The van der Waals surface area contributed by atoms with Crippen LogP contribution in [0.2, 0.25) is 0 Å². The molecule has 1 aliphatic rings. The molecule has 0 spiro atoms. The zero-order valence-corrected chi connectivity index (χ0v) is 10.7. The molecule has 1 saturated heterocycles. The molecule has 0 radical (unpaired) electrons. The van der Waals surface area contributed by atoms with Crippen molar-refractivity contribution < 1.29 is 0 Å². The first-order chi connectivity index (χ1) is 8.29. The van der Waals surface area contributed by atoms with Crippen LogP contribution in [0.4, 0.5) is 0 Å². The van der Waals surface area contributed by atoms with E-state index < -0.39 is 0 Å². The average molecular weight is 230 g/mol. The predicted octanol–water partition coefficient (Wildman–Crippen LogP) is 2.38. The maximum Gasteiger partial charge on any atom is 0.0248 e. The molecular weight excluding hydrogens is 208 g/mol. The van der Waals surface area contributed by atoms with Crippen LogP contribution >= 0.6 is 0 Å². The standard InChI is InChI=1S/C15H22N2/c1-3-14(2)17-11-9-16(10-12-17)13-15-7-5-4-6-8-15/h3-8,14H,1,9-13H2,2H3. The van der Waals surface area contributed by atoms with E-state index in [1.165, 1.54) is 5.56 Å². The van der Waals surface area contributed by atoms with Gasteiger partial charge in [-0.25, -0.2) is 0 Å². The lowest BCUT2D eigenvalue weighted by Crippen LogP contribution is -2.48. The van der Waals surface area contributed by atoms with Crippen molar-refractivity contribution >= 4 is 0 Å². The molecule has 2 heteroatoms. The zero-order valence-electron chi connectivity index (χ0n) is 10.7. The summed E-state index contributed by atoms with van der Waals surface area (Å²) in [6.45, 7) is 11.8. The Labute approximate surface area is 105 Å². The summed E-state index contributed by atoms with van der Waals surface area (Å²) in [5, 5.41) is 0. The summed E-state index contributed by atoms with van der Waals surface area (Å²) < 4.78 is 0. The van der Waals surface area contributed by atoms with Gasteiger partial charge in [-0.05, 0) is 12.5 Å². The highest BCUT2D eigenvalue weighted by Crippen LogP contribution is 2.10. The van der Waals surface area contributed by atoms with Gasteiger partial charge in [0, 0.05) is 38.8 Å². The molecule has 2 nitrogen and oxygen atoms in total. The van der Waals surface area contributed by atoms with Crippen molar-refractivity contribution in [1.82, 2.24) is 9.80 Å². The minimum atomic E-state index is 0.508. The Morgan fingerprint density at radius 3 is 2.41 bits per heavy atom. The van der Waals surface area contributed by atoms with Crippen LogP contribution in [-0.2, 0) is 6.54 Å². The highest BCUT2D eigenvalue weighted by atomic mass is 15.3. The van der Waals surface area contributed by atoms with E-state index in [9.17, 15) is 0 Å². The van der Waals surface area contributed by atoms with Crippen molar-refractivity contribution in [2.45, 2.75) is 19.5 Å². The summed E-state index contributed by atoms with van der Waals surface area (Å²) >= 11 is 0. The van der Waals surface area contributed by atoms with E-state index in [0.29, 0.717) is 6.04 Å². The highest BCUT2D eigenvalue weighted by molar-refractivity contribution is 5.14. The molecule has 0 amide bonds. The smallest absolute Gasteiger partial charge is 0.0248 e. The quantitative estimate of drug-likeness (QED) is 0.733. The van der Waals surface area contributed by atoms with Crippen molar-refractivity contribution in [3.63, 3.8) is 0 Å². The minimum absolute atomic E-state index is 0.508. The van der Waals surface area contributed by atoms with Crippen LogP contribution in [-0.4, -0.2) is 42.0 Å². The SMILES string of the molecule is C=CC(C)N1CCN(Cc2ccccc2)CC1. The van der Waals surface area contributed by atoms with E-state index >= 15 is 0 Å². The van der Waals surface area contributed by atoms with Gasteiger partial charge in [0.2, 0.25) is 0 Å². The summed E-state index contributed by atoms with van der Waals surface area (Å²) in [6.07, 6.45) is 2.03. The Balaban J connectivity index is 1.81. The Kier molecular flexibility index (Phi) is 4.35. The third-order valence-corrected chi connectivity index (χ3v) is 3.57. The topological polar surface area (TPSA) is 6.48 Å². The molecule has 17 heavy (non-hydrogen) atoms. The largest absolute Gasteiger partial charge is 0.297 e. The monoisotopic (exact) mass is 230 g/mol. The summed E-state index contributed by atoms with van der Waals surface area (Å²) in [7, 11) is 0. The molecule has 1 atom stereocenters. The summed E-state index contributed by atoms with van der Waals surface area (Å²) in [5.41, 5.74) is 1.41. The van der Waals surface area contributed by atoms with Gasteiger partial charge in [-0.2, -0.15) is 0 Å². The molecule has 1 aliphatic heterocycles. The molecule has 92 valence electrons. The minimum Gasteiger partial charge on any atom is -0.297 e. The van der Waals surface area contributed by atoms with Crippen molar-refractivity contribution in [3.8, 4) is 0 Å². The number of benzene rings is 1. The van der Waals surface area contributed by atoms with Crippen LogP contribution in [0.15, 0.2) is 43.0 Å². The second-order valence-corrected chi connectivity index (χ2v) is 4.77. The Morgan fingerprint density at radius 1 is 1.18 bits per heavy atom. The Hall–Kier alpha value is -1.12. The first-order valence-corrected chi connectivity index (χ1v) is 6.42. The van der Waals surface area contributed by atoms with Crippen molar-refractivity contribution in [2.75, 3.05) is 26.2 Å². The fourth-order valence-electron chi connectivity index (χ4n) is 2.32. The molecule has 1 fully saturated rings. The van der Waals surface area contributed by atoms with Crippen LogP contribution in [0.25, 0.3) is 0 Å². The van der Waals surface area contributed by atoms with Crippen LogP contribution in [0.1, 0.15) is 12.5 Å². The van der Waals surface area contributed by atoms with E-state index in [1.807, 2.05) is 6.08 Å². The van der Waals surface area contributed by atoms with Crippen molar-refractivity contribution in [3.05, 3.63) is 48.6 Å². The molecule has 0 N–H and O–H groups in total. The second kappa shape index (κ2) is 5.99. The van der Waals surface area contributed by atoms with Crippen molar-refractivity contribution in [1.29, 1.82) is 0 Å². The molecule has 0 saturated carbocycles. The fourth-order valence-corrected chi connectivity index (χ4v) is 2.32. The molecule has 2 rings (SSSR count). The molecule has 0 bridgehead atoms. The first kappa shape index (κ1) is 12.3. The van der Waals surface area contributed by atoms with Gasteiger partial charge >= 0.3 is 0 Å². The fraction of sp³-hybridized carbons (Fsp3) is 0.467. The molecule has 0 aliphatic carbocycles. The first-order valence-electron chi connectivity index (χ1n) is 6.42. The van der Waals surface area contributed by atoms with Gasteiger partial charge in [0.25, 0.3) is 0 Å². The van der Waals surface area contributed by atoms with Crippen LogP contribution in [0, 0.1) is 0 Å². The molecule has 0 aromatic heterocycles. The van der Waals surface area contributed by atoms with E-state index in [4.69, 9.17) is 0 Å². The van der Waals surface area contributed by atoms with Crippen molar-refractivity contribution in [2.24, 2.45) is 0 Å². The third kappa shape index (κ3) is 3.42. The summed E-state index contributed by atoms with van der Waals surface area (Å²) in [4.78, 5) is 5.02. The van der Waals surface area contributed by atoms with Crippen LogP contribution < -0.4 is 0 Å². The maximum absolute atomic E-state index is 3.87. The number of nitrogens with zero attached hydrogens (tertiary/aromatic N) is 2. The normalized spacial score (nSPS) is 20.1. The number of hydrogen-bond acceptors (Lipinski definition) is 2. The summed E-state index contributed by atoms with van der Waals surface area (Å²) in [6, 6.07) is 11.2. The summed E-state index contributed by atoms with van der Waals surface area (Å²) in [5.74, 6) is 0. The van der Waals surface area contributed by atoms with Crippen LogP contribution in [0.3, 0.4) is 0 Å². The molecule has 1 aromatic rings. The van der Waals surface area contributed by atoms with Gasteiger partial charge < -0.3 is 0 Å². The lowest BCUT2D eigenvalue weighted by molar-refractivity contribution is 0.112. The van der Waals surface area contributed by atoms with E-state index in [0.717, 1.165) is 32.7 Å². The molecular formula is C15H22N2. The molecule has 1 aromatic carbocycles. The Morgan fingerprint density at radius 2 is 1.82 bits per heavy atom. The number of rotatable bonds is 4. The Bertz CT molecular complexity index is 339.